The first-order valence-electron chi connectivity index (χ1n) is 24.5. The molecular weight excluding hydrogens is 756 g/mol. The molecule has 0 radical (unpaired) electrons. The van der Waals surface area contributed by atoms with Crippen LogP contribution < -0.4 is 5.32 Å². The fourth-order valence-corrected chi connectivity index (χ4v) is 7.71. The van der Waals surface area contributed by atoms with Crippen LogP contribution >= 0.6 is 7.82 Å². The van der Waals surface area contributed by atoms with Crippen molar-refractivity contribution in [2.24, 2.45) is 0 Å². The molecule has 3 N–H and O–H groups in total. The Morgan fingerprint density at radius 3 is 1.49 bits per heavy atom. The zero-order valence-electron chi connectivity index (χ0n) is 39.2. The van der Waals surface area contributed by atoms with E-state index in [4.69, 9.17) is 9.05 Å². The van der Waals surface area contributed by atoms with Gasteiger partial charge in [-0.3, -0.25) is 13.8 Å². The number of nitrogens with zero attached hydrogens (tertiary/aromatic N) is 1. The van der Waals surface area contributed by atoms with Crippen molar-refractivity contribution in [3.8, 4) is 0 Å². The Bertz CT molecular complexity index is 1100. The quantitative estimate of drug-likeness (QED) is 0.0244. The van der Waals surface area contributed by atoms with Gasteiger partial charge in [0.1, 0.15) is 13.2 Å². The van der Waals surface area contributed by atoms with E-state index in [1.165, 1.54) is 116 Å². The van der Waals surface area contributed by atoms with Crippen molar-refractivity contribution in [1.29, 1.82) is 0 Å². The largest absolute Gasteiger partial charge is 0.472 e. The molecule has 3 unspecified atom stereocenters. The maximum absolute atomic E-state index is 12.9. The lowest BCUT2D eigenvalue weighted by Gasteiger charge is -2.26. The Balaban J connectivity index is 4.31. The number of likely N-dealkylation sites (N-methyl/N-ethyl adjacent to an activating group) is 1. The number of phosphoric acid groups is 1. The predicted molar refractivity (Wildman–Crippen MR) is 254 cm³/mol. The van der Waals surface area contributed by atoms with Crippen molar-refractivity contribution >= 4 is 13.7 Å². The number of quaternary nitrogens is 1. The third-order valence-electron chi connectivity index (χ3n) is 10.8. The van der Waals surface area contributed by atoms with E-state index in [1.54, 1.807) is 0 Å². The molecule has 0 aliphatic rings. The average Bonchev–Trinajstić information content (AvgIpc) is 3.19. The predicted octanol–water partition coefficient (Wildman–Crippen LogP) is 14.0. The zero-order valence-corrected chi connectivity index (χ0v) is 40.1. The maximum Gasteiger partial charge on any atom is 0.472 e. The van der Waals surface area contributed by atoms with Crippen LogP contribution in [0.1, 0.15) is 213 Å². The maximum atomic E-state index is 12.9. The SMILES string of the molecule is CC/C=C\C/C=C\C/C=C\C/C=C\CCCCCCCCCCC(=O)NC(COP(=O)(O)OCC[N+](C)(C)C)C(O)CCCCCCCCCCCCCCCCCC. The second kappa shape index (κ2) is 41.8. The molecule has 1 amide bonds. The minimum atomic E-state index is -4.32. The van der Waals surface area contributed by atoms with E-state index in [1.807, 2.05) is 21.1 Å². The van der Waals surface area contributed by atoms with Gasteiger partial charge < -0.3 is 19.8 Å². The third kappa shape index (κ3) is 44.3. The first-order valence-corrected chi connectivity index (χ1v) is 26.0. The highest BCUT2D eigenvalue weighted by atomic mass is 31.2. The van der Waals surface area contributed by atoms with E-state index in [9.17, 15) is 19.4 Å². The van der Waals surface area contributed by atoms with Gasteiger partial charge in [-0.25, -0.2) is 4.57 Å². The summed E-state index contributed by atoms with van der Waals surface area (Å²) in [6, 6.07) is -0.766. The molecule has 0 bridgehead atoms. The van der Waals surface area contributed by atoms with Crippen LogP contribution in [0.4, 0.5) is 0 Å². The summed E-state index contributed by atoms with van der Waals surface area (Å²) in [4.78, 5) is 23.2. The van der Waals surface area contributed by atoms with E-state index in [0.717, 1.165) is 70.6 Å². The van der Waals surface area contributed by atoms with Gasteiger partial charge in [0.25, 0.3) is 0 Å². The van der Waals surface area contributed by atoms with Gasteiger partial charge in [0.15, 0.2) is 0 Å². The summed E-state index contributed by atoms with van der Waals surface area (Å²) >= 11 is 0. The van der Waals surface area contributed by atoms with E-state index in [0.29, 0.717) is 23.9 Å². The van der Waals surface area contributed by atoms with Crippen molar-refractivity contribution in [2.75, 3.05) is 40.9 Å². The topological polar surface area (TPSA) is 105 Å². The number of rotatable bonds is 44. The van der Waals surface area contributed by atoms with E-state index in [2.05, 4.69) is 67.8 Å². The average molecular weight is 852 g/mol. The molecule has 9 heteroatoms. The van der Waals surface area contributed by atoms with Gasteiger partial charge in [-0.05, 0) is 51.4 Å². The van der Waals surface area contributed by atoms with E-state index in [-0.39, 0.29) is 19.1 Å². The molecular formula is C50H96N2O6P+. The molecule has 59 heavy (non-hydrogen) atoms. The van der Waals surface area contributed by atoms with Crippen LogP contribution in [0.3, 0.4) is 0 Å². The van der Waals surface area contributed by atoms with Crippen molar-refractivity contribution < 1.29 is 32.9 Å². The molecule has 0 fully saturated rings. The Kier molecular flexibility index (Phi) is 40.7. The summed E-state index contributed by atoms with van der Waals surface area (Å²) in [5, 5.41) is 14.0. The fourth-order valence-electron chi connectivity index (χ4n) is 6.98. The molecule has 0 spiro atoms. The van der Waals surface area contributed by atoms with Crippen LogP contribution in [-0.2, 0) is 18.4 Å². The van der Waals surface area contributed by atoms with Crippen molar-refractivity contribution in [3.05, 3.63) is 48.6 Å². The summed E-state index contributed by atoms with van der Waals surface area (Å²) in [5.74, 6) is -0.154. The van der Waals surface area contributed by atoms with Crippen molar-refractivity contribution in [1.82, 2.24) is 5.32 Å². The first-order chi connectivity index (χ1) is 28.5. The molecule has 0 aliphatic heterocycles. The molecule has 0 rings (SSSR count). The van der Waals surface area contributed by atoms with Gasteiger partial charge in [-0.1, -0.05) is 204 Å². The molecule has 0 aromatic carbocycles. The van der Waals surface area contributed by atoms with E-state index >= 15 is 0 Å². The van der Waals surface area contributed by atoms with E-state index < -0.39 is 20.0 Å². The van der Waals surface area contributed by atoms with Gasteiger partial charge in [0.05, 0.1) is 39.9 Å². The number of aliphatic hydroxyl groups excluding tert-OH is 1. The Hall–Kier alpha value is -1.54. The lowest BCUT2D eigenvalue weighted by molar-refractivity contribution is -0.870. The number of nitrogens with one attached hydrogen (secondary N) is 1. The smallest absolute Gasteiger partial charge is 0.391 e. The molecule has 0 heterocycles. The minimum Gasteiger partial charge on any atom is -0.391 e. The normalized spacial score (nSPS) is 14.6. The van der Waals surface area contributed by atoms with Gasteiger partial charge in [-0.15, -0.1) is 0 Å². The highest BCUT2D eigenvalue weighted by Gasteiger charge is 2.28. The lowest BCUT2D eigenvalue weighted by atomic mass is 10.0. The summed E-state index contributed by atoms with van der Waals surface area (Å²) < 4.78 is 23.7. The molecule has 3 atom stereocenters. The summed E-state index contributed by atoms with van der Waals surface area (Å²) in [7, 11) is 1.61. The number of amides is 1. The Labute approximate surface area is 365 Å². The highest BCUT2D eigenvalue weighted by molar-refractivity contribution is 7.47. The summed E-state index contributed by atoms with van der Waals surface area (Å²) in [6.45, 7) is 4.77. The zero-order chi connectivity index (χ0) is 43.6. The standard InChI is InChI=1S/C50H95N2O6P/c1-6-8-10-12-14-16-18-20-22-24-25-26-27-28-30-32-34-36-38-40-42-44-50(54)51-48(47-58-59(55,56)57-46-45-52(3,4)5)49(53)43-41-39-37-35-33-31-29-23-21-19-17-15-13-11-9-7-2/h8,10,14,16,20,22,25-26,48-49,53H,6-7,9,11-13,15,17-19,21,23-24,27-47H2,1-5H3,(H-,51,54,55,56)/p+1/b10-8-,16-14-,22-20-,26-25-. The number of unbranched alkanes of at least 4 members (excludes halogenated alkanes) is 23. The number of hydrogen-bond acceptors (Lipinski definition) is 5. The van der Waals surface area contributed by atoms with Crippen LogP contribution in [0.25, 0.3) is 0 Å². The van der Waals surface area contributed by atoms with Gasteiger partial charge in [0, 0.05) is 6.42 Å². The van der Waals surface area contributed by atoms with Crippen LogP contribution in [0.2, 0.25) is 0 Å². The molecule has 0 aliphatic carbocycles. The van der Waals surface area contributed by atoms with Crippen molar-refractivity contribution in [3.63, 3.8) is 0 Å². The molecule has 346 valence electrons. The summed E-state index contributed by atoms with van der Waals surface area (Å²) in [5.41, 5.74) is 0. The second-order valence-electron chi connectivity index (χ2n) is 17.8. The summed E-state index contributed by atoms with van der Waals surface area (Å²) in [6.07, 6.45) is 52.8. The number of carbonyl (C=O) groups is 1. The molecule has 0 saturated carbocycles. The lowest BCUT2D eigenvalue weighted by Crippen LogP contribution is -2.46. The number of allylic oxidation sites excluding steroid dienone is 8. The number of carbonyl (C=O) groups excluding carboxylic acids is 1. The van der Waals surface area contributed by atoms with Crippen LogP contribution in [0.5, 0.6) is 0 Å². The fraction of sp³-hybridized carbons (Fsp3) is 0.820. The molecule has 0 aromatic heterocycles. The monoisotopic (exact) mass is 852 g/mol. The minimum absolute atomic E-state index is 0.0715. The number of aliphatic hydroxyl groups is 1. The van der Waals surface area contributed by atoms with Gasteiger partial charge in [0.2, 0.25) is 5.91 Å². The Morgan fingerprint density at radius 2 is 1.02 bits per heavy atom. The number of phosphoric ester groups is 1. The highest BCUT2D eigenvalue weighted by Crippen LogP contribution is 2.43. The number of hydrogen-bond donors (Lipinski definition) is 3. The van der Waals surface area contributed by atoms with Crippen molar-refractivity contribution in [2.45, 2.75) is 225 Å². The molecule has 8 nitrogen and oxygen atoms in total. The Morgan fingerprint density at radius 1 is 0.593 bits per heavy atom. The van der Waals surface area contributed by atoms with Gasteiger partial charge in [-0.2, -0.15) is 0 Å². The third-order valence-corrected chi connectivity index (χ3v) is 11.8. The second-order valence-corrected chi connectivity index (χ2v) is 19.3. The van der Waals surface area contributed by atoms with Crippen LogP contribution in [0.15, 0.2) is 48.6 Å². The molecule has 0 saturated heterocycles. The van der Waals surface area contributed by atoms with Gasteiger partial charge >= 0.3 is 7.82 Å². The van der Waals surface area contributed by atoms with Crippen LogP contribution in [-0.4, -0.2) is 73.4 Å². The van der Waals surface area contributed by atoms with Crippen LogP contribution in [0, 0.1) is 0 Å². The first kappa shape index (κ1) is 57.5. The molecule has 0 aromatic rings.